The molecular formula is C110H104N2O5. The fourth-order valence-corrected chi connectivity index (χ4v) is 16.8. The second kappa shape index (κ2) is 38.0. The van der Waals surface area contributed by atoms with Gasteiger partial charge in [-0.05, 0) is 253 Å². The summed E-state index contributed by atoms with van der Waals surface area (Å²) in [5.41, 5.74) is 37.1. The van der Waals surface area contributed by atoms with Crippen LogP contribution in [0.5, 0.6) is 0 Å². The van der Waals surface area contributed by atoms with Crippen molar-refractivity contribution in [3.05, 3.63) is 438 Å². The van der Waals surface area contributed by atoms with Crippen molar-refractivity contribution in [3.63, 3.8) is 0 Å². The highest BCUT2D eigenvalue weighted by atomic mass is 16.1. The number of rotatable bonds is 25. The summed E-state index contributed by atoms with van der Waals surface area (Å²) in [6.45, 7) is 19.2. The standard InChI is InChI=1S/C39H42O2.C29H24O.2C21H19NO/c1-29-11-21-35-36-22-12-30(2)26-38(36)39(37(35)25-29,23-7-3-5-9-31-13-17-33(27-40)18-14-31)24-8-4-6-10-32-15-19-34(28-41)20-16-32;1-19-4-10-23(11-5-19)29(24-12-8-22(18-30)9-13-24)27-16-20(2)6-14-25(27)26-15-7-21(3)17-28(26)29;1-16-3-9-19(10-4-16)22(20-11-5-17(2)6-12-20)21-13-7-18(15-23)8-14-21;1-16-6-10-19(11-7-16)22(20-12-8-17(2)9-13-20)21-5-3-4-18(14-21)15-23/h11-22,25-28H,3-10,23-24H2,1-2H3;4-18H,1-3H3;2*3-15H,1-2H3. The number of unbranched alkanes of at least 4 members (excludes halogenated alkanes) is 4. The maximum Gasteiger partial charge on any atom is 0.150 e. The average molecular weight is 1530 g/mol. The summed E-state index contributed by atoms with van der Waals surface area (Å²) in [6.07, 6.45) is 16.1. The van der Waals surface area contributed by atoms with Crippen molar-refractivity contribution < 1.29 is 24.0 Å². The van der Waals surface area contributed by atoms with E-state index in [1.54, 1.807) is 0 Å². The number of benzene rings is 14. The first-order valence-corrected chi connectivity index (χ1v) is 41.0. The minimum Gasteiger partial charge on any atom is -0.311 e. The van der Waals surface area contributed by atoms with Crippen molar-refractivity contribution in [2.24, 2.45) is 0 Å². The molecule has 14 aromatic rings. The van der Waals surface area contributed by atoms with Crippen molar-refractivity contribution in [2.75, 3.05) is 9.80 Å². The summed E-state index contributed by atoms with van der Waals surface area (Å²) in [4.78, 5) is 59.6. The van der Waals surface area contributed by atoms with Gasteiger partial charge in [0.05, 0.1) is 5.41 Å². The maximum atomic E-state index is 11.3. The number of aldehydes is 5. The SMILES string of the molecule is Cc1ccc(C2(c3ccc(C=O)cc3)c3cc(C)ccc3-c3ccc(C)cc32)cc1.Cc1ccc(N(c2ccc(C)cc2)c2ccc(C=O)cc2)cc1.Cc1ccc(N(c2ccc(C)cc2)c2cccc(C=O)c2)cc1.Cc1ccc2c(c1)C(CCCCCc1ccc(C=O)cc1)(CCCCCc1ccc(C=O)cc1)c1cc(C)ccc1-2. The highest BCUT2D eigenvalue weighted by Crippen LogP contribution is 2.58. The molecule has 0 fully saturated rings. The molecule has 0 N–H and O–H groups in total. The van der Waals surface area contributed by atoms with E-state index in [0.29, 0.717) is 16.7 Å². The van der Waals surface area contributed by atoms with Crippen LogP contribution in [0.25, 0.3) is 22.3 Å². The lowest BCUT2D eigenvalue weighted by molar-refractivity contribution is 0.111. The first-order chi connectivity index (χ1) is 56.9. The van der Waals surface area contributed by atoms with Crippen LogP contribution in [0, 0.1) is 62.3 Å². The first kappa shape index (κ1) is 82.0. The van der Waals surface area contributed by atoms with E-state index in [4.69, 9.17) is 0 Å². The summed E-state index contributed by atoms with van der Waals surface area (Å²) in [5.74, 6) is 0. The molecule has 0 heterocycles. The predicted molar refractivity (Wildman–Crippen MR) is 485 cm³/mol. The molecule has 0 spiro atoms. The molecule has 7 nitrogen and oxygen atoms in total. The smallest absolute Gasteiger partial charge is 0.150 e. The van der Waals surface area contributed by atoms with Crippen molar-refractivity contribution in [1.29, 1.82) is 0 Å². The van der Waals surface area contributed by atoms with Gasteiger partial charge in [0.25, 0.3) is 0 Å². The zero-order valence-electron chi connectivity index (χ0n) is 68.9. The summed E-state index contributed by atoms with van der Waals surface area (Å²) >= 11 is 0. The van der Waals surface area contributed by atoms with Crippen LogP contribution in [0.4, 0.5) is 34.1 Å². The lowest BCUT2D eigenvalue weighted by atomic mass is 9.67. The number of aryl methyl sites for hydroxylation is 11. The fourth-order valence-electron chi connectivity index (χ4n) is 16.8. The number of carbonyl (C=O) groups is 5. The molecule has 0 amide bonds. The van der Waals surface area contributed by atoms with E-state index in [0.717, 1.165) is 89.5 Å². The van der Waals surface area contributed by atoms with Crippen LogP contribution in [-0.4, -0.2) is 31.4 Å². The van der Waals surface area contributed by atoms with Gasteiger partial charge >= 0.3 is 0 Å². The summed E-state index contributed by atoms with van der Waals surface area (Å²) < 4.78 is 0. The summed E-state index contributed by atoms with van der Waals surface area (Å²) in [7, 11) is 0. The van der Waals surface area contributed by atoms with Crippen LogP contribution in [-0.2, 0) is 23.7 Å². The Balaban J connectivity index is 0.000000140. The Kier molecular flexibility index (Phi) is 26.6. The quantitative estimate of drug-likeness (QED) is 0.0416. The molecule has 0 aromatic heterocycles. The minimum atomic E-state index is -0.405. The molecule has 7 heteroatoms. The Labute approximate surface area is 692 Å². The second-order valence-electron chi connectivity index (χ2n) is 31.9. The number of hydrogen-bond donors (Lipinski definition) is 0. The molecular weight excluding hydrogens is 1430 g/mol. The number of hydrogen-bond acceptors (Lipinski definition) is 7. The Morgan fingerprint density at radius 1 is 0.231 bits per heavy atom. The maximum absolute atomic E-state index is 11.3. The van der Waals surface area contributed by atoms with Crippen molar-refractivity contribution in [3.8, 4) is 22.3 Å². The van der Waals surface area contributed by atoms with E-state index in [2.05, 4.69) is 303 Å². The van der Waals surface area contributed by atoms with Crippen molar-refractivity contribution >= 4 is 65.6 Å². The number of anilines is 6. The van der Waals surface area contributed by atoms with Gasteiger partial charge in [0.15, 0.2) is 0 Å². The molecule has 16 rings (SSSR count). The minimum absolute atomic E-state index is 0.0694. The lowest BCUT2D eigenvalue weighted by Gasteiger charge is -2.34. The number of carbonyl (C=O) groups excluding carboxylic acids is 5. The Morgan fingerprint density at radius 3 is 0.829 bits per heavy atom. The normalized spacial score (nSPS) is 12.1. The van der Waals surface area contributed by atoms with Gasteiger partial charge in [-0.25, -0.2) is 0 Å². The van der Waals surface area contributed by atoms with Gasteiger partial charge in [-0.3, -0.25) is 24.0 Å². The van der Waals surface area contributed by atoms with Crippen LogP contribution < -0.4 is 9.80 Å². The molecule has 584 valence electrons. The van der Waals surface area contributed by atoms with Gasteiger partial charge in [-0.2, -0.15) is 0 Å². The number of nitrogens with zero attached hydrogens (tertiary/aromatic N) is 2. The Hall–Kier alpha value is -13.0. The second-order valence-corrected chi connectivity index (χ2v) is 31.9. The van der Waals surface area contributed by atoms with Crippen LogP contribution >= 0.6 is 0 Å². The molecule has 2 aliphatic carbocycles. The summed E-state index contributed by atoms with van der Waals surface area (Å²) in [5, 5.41) is 0. The van der Waals surface area contributed by atoms with Gasteiger partial charge in [0.2, 0.25) is 0 Å². The van der Waals surface area contributed by atoms with E-state index in [1.165, 1.54) is 168 Å². The molecule has 2 aliphatic rings. The third-order valence-corrected chi connectivity index (χ3v) is 23.2. The molecule has 0 aliphatic heterocycles. The van der Waals surface area contributed by atoms with Crippen molar-refractivity contribution in [2.45, 2.75) is 137 Å². The van der Waals surface area contributed by atoms with Gasteiger partial charge in [0, 0.05) is 67.4 Å². The van der Waals surface area contributed by atoms with Crippen LogP contribution in [0.3, 0.4) is 0 Å². The first-order valence-electron chi connectivity index (χ1n) is 41.0. The van der Waals surface area contributed by atoms with Gasteiger partial charge in [-0.15, -0.1) is 0 Å². The van der Waals surface area contributed by atoms with Crippen LogP contribution in [0.2, 0.25) is 0 Å². The number of fused-ring (bicyclic) bond motifs is 6. The lowest BCUT2D eigenvalue weighted by Crippen LogP contribution is -2.28. The monoisotopic (exact) mass is 1530 g/mol. The van der Waals surface area contributed by atoms with E-state index < -0.39 is 5.41 Å². The van der Waals surface area contributed by atoms with E-state index in [-0.39, 0.29) is 5.41 Å². The van der Waals surface area contributed by atoms with Crippen LogP contribution in [0.15, 0.2) is 315 Å². The molecule has 14 aromatic carbocycles. The van der Waals surface area contributed by atoms with E-state index >= 15 is 0 Å². The largest absolute Gasteiger partial charge is 0.311 e. The summed E-state index contributed by atoms with van der Waals surface area (Å²) in [6, 6.07) is 110. The molecule has 0 unspecified atom stereocenters. The van der Waals surface area contributed by atoms with Gasteiger partial charge < -0.3 is 9.80 Å². The third-order valence-electron chi connectivity index (χ3n) is 23.2. The van der Waals surface area contributed by atoms with Crippen molar-refractivity contribution in [1.82, 2.24) is 0 Å². The predicted octanol–water partition coefficient (Wildman–Crippen LogP) is 27.8. The fraction of sp³-hybridized carbons (Fsp3) is 0.191. The molecule has 0 saturated heterocycles. The molecule has 0 atom stereocenters. The third kappa shape index (κ3) is 19.0. The van der Waals surface area contributed by atoms with E-state index in [9.17, 15) is 24.0 Å². The van der Waals surface area contributed by atoms with Crippen LogP contribution in [0.1, 0.15) is 198 Å². The average Bonchev–Trinajstić information content (AvgIpc) is 1.57. The van der Waals surface area contributed by atoms with Gasteiger partial charge in [0.1, 0.15) is 31.4 Å². The highest BCUT2D eigenvalue weighted by Gasteiger charge is 2.47. The zero-order valence-corrected chi connectivity index (χ0v) is 68.9. The molecule has 117 heavy (non-hydrogen) atoms. The Bertz CT molecular complexity index is 5490. The topological polar surface area (TPSA) is 91.8 Å². The molecule has 0 saturated carbocycles. The molecule has 0 radical (unpaired) electrons. The molecule has 0 bridgehead atoms. The highest BCUT2D eigenvalue weighted by molar-refractivity contribution is 5.89. The van der Waals surface area contributed by atoms with E-state index in [1.807, 2.05) is 84.9 Å². The zero-order chi connectivity index (χ0) is 82.0. The van der Waals surface area contributed by atoms with Gasteiger partial charge in [-0.1, -0.05) is 306 Å². The Morgan fingerprint density at radius 2 is 0.496 bits per heavy atom.